The van der Waals surface area contributed by atoms with E-state index in [2.05, 4.69) is 5.32 Å². The van der Waals surface area contributed by atoms with E-state index in [0.29, 0.717) is 11.3 Å². The zero-order chi connectivity index (χ0) is 18.6. The summed E-state index contributed by atoms with van der Waals surface area (Å²) < 4.78 is 26.5. The van der Waals surface area contributed by atoms with Crippen LogP contribution in [0.4, 0.5) is 5.69 Å². The summed E-state index contributed by atoms with van der Waals surface area (Å²) in [6.45, 7) is 3.60. The average molecular weight is 379 g/mol. The molecule has 0 fully saturated rings. The Bertz CT molecular complexity index is 864. The Morgan fingerprint density at radius 2 is 1.80 bits per heavy atom. The maximum atomic E-state index is 12.6. The molecular weight excluding hydrogens is 356 g/mol. The van der Waals surface area contributed by atoms with Crippen LogP contribution in [0.3, 0.4) is 0 Å². The van der Waals surface area contributed by atoms with Gasteiger partial charge in [-0.25, -0.2) is 8.42 Å². The number of benzene rings is 2. The number of carbonyl (C=O) groups is 1. The summed E-state index contributed by atoms with van der Waals surface area (Å²) in [7, 11) is -2.10. The predicted molar refractivity (Wildman–Crippen MR) is 103 cm³/mol. The Hall–Kier alpha value is -1.83. The Labute approximate surface area is 153 Å². The van der Waals surface area contributed by atoms with Crippen molar-refractivity contribution in [1.29, 1.82) is 0 Å². The Kier molecular flexibility index (Phi) is 6.26. The molecule has 134 valence electrons. The number of sulfonamides is 1. The fraction of sp³-hybridized carbons (Fsp3) is 0.278. The summed E-state index contributed by atoms with van der Waals surface area (Å²) in [6.07, 6.45) is 1.93. The highest BCUT2D eigenvalue weighted by Crippen LogP contribution is 2.25. The van der Waals surface area contributed by atoms with Gasteiger partial charge in [0.2, 0.25) is 10.0 Å². The predicted octanol–water partition coefficient (Wildman–Crippen LogP) is 3.69. The Morgan fingerprint density at radius 1 is 1.12 bits per heavy atom. The van der Waals surface area contributed by atoms with Crippen molar-refractivity contribution in [3.8, 4) is 0 Å². The zero-order valence-electron chi connectivity index (χ0n) is 14.7. The van der Waals surface area contributed by atoms with Crippen LogP contribution in [0.2, 0.25) is 0 Å². The van der Waals surface area contributed by atoms with Crippen LogP contribution >= 0.6 is 11.8 Å². The van der Waals surface area contributed by atoms with E-state index in [1.165, 1.54) is 35.2 Å². The lowest BCUT2D eigenvalue weighted by Gasteiger charge is -2.21. The maximum Gasteiger partial charge on any atom is 0.255 e. The minimum atomic E-state index is -3.63. The molecule has 0 saturated carbocycles. The van der Waals surface area contributed by atoms with Gasteiger partial charge in [0, 0.05) is 23.5 Å². The molecule has 2 aromatic rings. The van der Waals surface area contributed by atoms with E-state index in [0.717, 1.165) is 4.90 Å². The van der Waals surface area contributed by atoms with Gasteiger partial charge >= 0.3 is 0 Å². The van der Waals surface area contributed by atoms with Crippen LogP contribution in [0.25, 0.3) is 0 Å². The number of para-hydroxylation sites is 1. The number of amides is 1. The van der Waals surface area contributed by atoms with Crippen LogP contribution in [0, 0.1) is 0 Å². The summed E-state index contributed by atoms with van der Waals surface area (Å²) >= 11 is 1.53. The van der Waals surface area contributed by atoms with Crippen molar-refractivity contribution in [3.63, 3.8) is 0 Å². The van der Waals surface area contributed by atoms with Gasteiger partial charge in [-0.15, -0.1) is 11.8 Å². The maximum absolute atomic E-state index is 12.6. The molecule has 0 spiro atoms. The van der Waals surface area contributed by atoms with Crippen molar-refractivity contribution >= 4 is 33.4 Å². The van der Waals surface area contributed by atoms with Gasteiger partial charge in [0.25, 0.3) is 5.91 Å². The largest absolute Gasteiger partial charge is 0.321 e. The van der Waals surface area contributed by atoms with E-state index >= 15 is 0 Å². The van der Waals surface area contributed by atoms with Crippen LogP contribution in [0.5, 0.6) is 0 Å². The lowest BCUT2D eigenvalue weighted by molar-refractivity contribution is 0.102. The molecular formula is C18H22N2O3S2. The molecule has 0 saturated heterocycles. The number of anilines is 1. The third-order valence-corrected chi connectivity index (χ3v) is 6.68. The zero-order valence-corrected chi connectivity index (χ0v) is 16.3. The van der Waals surface area contributed by atoms with Gasteiger partial charge in [0.15, 0.2) is 0 Å². The number of carbonyl (C=O) groups excluding carboxylic acids is 1. The first-order valence-electron chi connectivity index (χ1n) is 7.80. The van der Waals surface area contributed by atoms with E-state index in [1.54, 1.807) is 26.0 Å². The van der Waals surface area contributed by atoms with Crippen LogP contribution in [0.15, 0.2) is 58.3 Å². The highest BCUT2D eigenvalue weighted by atomic mass is 32.2. The Morgan fingerprint density at radius 3 is 2.44 bits per heavy atom. The number of nitrogens with one attached hydrogen (secondary N) is 1. The minimum absolute atomic E-state index is 0.106. The number of rotatable bonds is 6. The van der Waals surface area contributed by atoms with E-state index in [1.807, 2.05) is 30.5 Å². The molecule has 0 bridgehead atoms. The summed E-state index contributed by atoms with van der Waals surface area (Å²) in [4.78, 5) is 13.6. The van der Waals surface area contributed by atoms with Gasteiger partial charge in [-0.1, -0.05) is 18.2 Å². The SMILES string of the molecule is CSc1ccccc1NC(=O)c1cccc(S(=O)(=O)N(C)C(C)C)c1. The molecule has 0 radical (unpaired) electrons. The lowest BCUT2D eigenvalue weighted by atomic mass is 10.2. The van der Waals surface area contributed by atoms with Gasteiger partial charge in [-0.2, -0.15) is 4.31 Å². The van der Waals surface area contributed by atoms with Crippen LogP contribution < -0.4 is 5.32 Å². The summed E-state index contributed by atoms with van der Waals surface area (Å²) in [5.74, 6) is -0.342. The molecule has 0 atom stereocenters. The molecule has 2 rings (SSSR count). The van der Waals surface area contributed by atoms with Gasteiger partial charge in [-0.3, -0.25) is 4.79 Å². The van der Waals surface area contributed by atoms with E-state index in [-0.39, 0.29) is 16.8 Å². The molecule has 0 aliphatic rings. The molecule has 1 N–H and O–H groups in total. The number of hydrogen-bond donors (Lipinski definition) is 1. The van der Waals surface area contributed by atoms with Crippen molar-refractivity contribution < 1.29 is 13.2 Å². The standard InChI is InChI=1S/C18H22N2O3S2/c1-13(2)20(3)25(22,23)15-9-7-8-14(12-15)18(21)19-16-10-5-6-11-17(16)24-4/h5-13H,1-4H3,(H,19,21). The van der Waals surface area contributed by atoms with Gasteiger partial charge in [0.05, 0.1) is 10.6 Å². The van der Waals surface area contributed by atoms with E-state index in [4.69, 9.17) is 0 Å². The molecule has 25 heavy (non-hydrogen) atoms. The average Bonchev–Trinajstić information content (AvgIpc) is 2.61. The Balaban J connectivity index is 2.31. The first-order valence-corrected chi connectivity index (χ1v) is 10.5. The number of thioether (sulfide) groups is 1. The topological polar surface area (TPSA) is 66.5 Å². The van der Waals surface area contributed by atoms with Crippen LogP contribution in [-0.4, -0.2) is 38.0 Å². The molecule has 0 heterocycles. The smallest absolute Gasteiger partial charge is 0.255 e. The second kappa shape index (κ2) is 8.03. The molecule has 0 aromatic heterocycles. The first-order chi connectivity index (χ1) is 11.8. The number of hydrogen-bond acceptors (Lipinski definition) is 4. The quantitative estimate of drug-likeness (QED) is 0.779. The lowest BCUT2D eigenvalue weighted by Crippen LogP contribution is -2.33. The van der Waals surface area contributed by atoms with E-state index < -0.39 is 10.0 Å². The third kappa shape index (κ3) is 4.42. The van der Waals surface area contributed by atoms with Gasteiger partial charge in [0.1, 0.15) is 0 Å². The fourth-order valence-electron chi connectivity index (χ4n) is 2.18. The monoisotopic (exact) mass is 378 g/mol. The molecule has 0 unspecified atom stereocenters. The summed E-state index contributed by atoms with van der Waals surface area (Å²) in [6, 6.07) is 13.4. The molecule has 5 nitrogen and oxygen atoms in total. The second-order valence-corrected chi connectivity index (χ2v) is 8.64. The molecule has 7 heteroatoms. The summed E-state index contributed by atoms with van der Waals surface area (Å²) in [5.41, 5.74) is 1.00. The third-order valence-electron chi connectivity index (χ3n) is 3.86. The molecule has 0 aliphatic heterocycles. The molecule has 2 aromatic carbocycles. The van der Waals surface area contributed by atoms with E-state index in [9.17, 15) is 13.2 Å². The fourth-order valence-corrected chi connectivity index (χ4v) is 4.15. The van der Waals surface area contributed by atoms with Crippen molar-refractivity contribution in [1.82, 2.24) is 4.31 Å². The van der Waals surface area contributed by atoms with Crippen molar-refractivity contribution in [2.24, 2.45) is 0 Å². The normalized spacial score (nSPS) is 11.8. The highest BCUT2D eigenvalue weighted by molar-refractivity contribution is 7.98. The van der Waals surface area contributed by atoms with Crippen molar-refractivity contribution in [2.75, 3.05) is 18.6 Å². The summed E-state index contributed by atoms with van der Waals surface area (Å²) in [5, 5.41) is 2.84. The van der Waals surface area contributed by atoms with Crippen LogP contribution in [-0.2, 0) is 10.0 Å². The van der Waals surface area contributed by atoms with Crippen molar-refractivity contribution in [2.45, 2.75) is 29.7 Å². The van der Waals surface area contributed by atoms with Crippen LogP contribution in [0.1, 0.15) is 24.2 Å². The van der Waals surface area contributed by atoms with Gasteiger partial charge in [-0.05, 0) is 50.4 Å². The highest BCUT2D eigenvalue weighted by Gasteiger charge is 2.24. The van der Waals surface area contributed by atoms with Gasteiger partial charge < -0.3 is 5.32 Å². The minimum Gasteiger partial charge on any atom is -0.321 e. The number of nitrogens with zero attached hydrogens (tertiary/aromatic N) is 1. The second-order valence-electron chi connectivity index (χ2n) is 5.80. The first kappa shape index (κ1) is 19.5. The molecule has 0 aliphatic carbocycles. The molecule has 1 amide bonds. The van der Waals surface area contributed by atoms with Crippen molar-refractivity contribution in [3.05, 3.63) is 54.1 Å².